The lowest BCUT2D eigenvalue weighted by atomic mass is 10.3. The topological polar surface area (TPSA) is 94.9 Å². The fraction of sp³-hybridized carbons (Fsp3) is 0.0714. The van der Waals surface area contributed by atoms with Crippen molar-refractivity contribution in [1.82, 2.24) is 29.5 Å². The average molecular weight is 309 g/mol. The van der Waals surface area contributed by atoms with Crippen LogP contribution in [0.2, 0.25) is 0 Å². The Hall–Kier alpha value is -2.71. The standard InChI is InChI=1S/C14H11N7S/c15-4-11-7-18-14(22-11)9-1-2-21-12(3-9)19-13(20-21)10-5-16-8-17-6-10/h1-3,5-8H,4,15H2. The number of pyridine rings is 1. The molecule has 4 rings (SSSR count). The van der Waals surface area contributed by atoms with Crippen LogP contribution in [0.4, 0.5) is 0 Å². The summed E-state index contributed by atoms with van der Waals surface area (Å²) in [6, 6.07) is 3.92. The molecule has 22 heavy (non-hydrogen) atoms. The molecule has 7 nitrogen and oxygen atoms in total. The third-order valence-electron chi connectivity index (χ3n) is 3.16. The minimum Gasteiger partial charge on any atom is -0.326 e. The van der Waals surface area contributed by atoms with E-state index in [1.54, 1.807) is 34.4 Å². The summed E-state index contributed by atoms with van der Waals surface area (Å²) >= 11 is 1.58. The molecule has 0 spiro atoms. The first kappa shape index (κ1) is 13.0. The van der Waals surface area contributed by atoms with Crippen LogP contribution in [0.5, 0.6) is 0 Å². The smallest absolute Gasteiger partial charge is 0.185 e. The van der Waals surface area contributed by atoms with E-state index in [4.69, 9.17) is 5.73 Å². The van der Waals surface area contributed by atoms with E-state index in [-0.39, 0.29) is 0 Å². The van der Waals surface area contributed by atoms with Gasteiger partial charge in [-0.1, -0.05) is 0 Å². The Bertz CT molecular complexity index is 929. The van der Waals surface area contributed by atoms with Crippen molar-refractivity contribution in [2.24, 2.45) is 5.73 Å². The van der Waals surface area contributed by atoms with Gasteiger partial charge in [0.2, 0.25) is 0 Å². The van der Waals surface area contributed by atoms with E-state index in [0.717, 1.165) is 26.7 Å². The molecule has 0 aromatic carbocycles. The van der Waals surface area contributed by atoms with Gasteiger partial charge >= 0.3 is 0 Å². The largest absolute Gasteiger partial charge is 0.326 e. The summed E-state index contributed by atoms with van der Waals surface area (Å²) in [4.78, 5) is 17.9. The Labute approximate surface area is 129 Å². The molecule has 0 unspecified atom stereocenters. The highest BCUT2D eigenvalue weighted by Crippen LogP contribution is 2.26. The first-order valence-electron chi connectivity index (χ1n) is 6.60. The molecule has 0 saturated carbocycles. The van der Waals surface area contributed by atoms with Gasteiger partial charge in [-0.2, -0.15) is 0 Å². The summed E-state index contributed by atoms with van der Waals surface area (Å²) in [7, 11) is 0. The van der Waals surface area contributed by atoms with Crippen molar-refractivity contribution in [3.63, 3.8) is 0 Å². The highest BCUT2D eigenvalue weighted by atomic mass is 32.1. The minimum atomic E-state index is 0.503. The van der Waals surface area contributed by atoms with Gasteiger partial charge in [0.15, 0.2) is 11.5 Å². The molecule has 0 aliphatic rings. The monoisotopic (exact) mass is 309 g/mol. The maximum atomic E-state index is 5.63. The molecule has 0 aliphatic carbocycles. The van der Waals surface area contributed by atoms with Crippen molar-refractivity contribution in [1.29, 1.82) is 0 Å². The summed E-state index contributed by atoms with van der Waals surface area (Å²) in [5.41, 5.74) is 8.17. The quantitative estimate of drug-likeness (QED) is 0.619. The molecular weight excluding hydrogens is 298 g/mol. The van der Waals surface area contributed by atoms with Crippen molar-refractivity contribution >= 4 is 17.0 Å². The number of nitrogens with two attached hydrogens (primary N) is 1. The Morgan fingerprint density at radius 1 is 1.14 bits per heavy atom. The van der Waals surface area contributed by atoms with Crippen LogP contribution in [0.1, 0.15) is 4.88 Å². The molecule has 2 N–H and O–H groups in total. The molecule has 4 heterocycles. The van der Waals surface area contributed by atoms with E-state index < -0.39 is 0 Å². The normalized spacial score (nSPS) is 11.1. The highest BCUT2D eigenvalue weighted by Gasteiger charge is 2.09. The second-order valence-corrected chi connectivity index (χ2v) is 5.73. The fourth-order valence-electron chi connectivity index (χ4n) is 2.09. The zero-order valence-corrected chi connectivity index (χ0v) is 12.2. The first-order valence-corrected chi connectivity index (χ1v) is 7.42. The molecule has 108 valence electrons. The predicted molar refractivity (Wildman–Crippen MR) is 83.0 cm³/mol. The Morgan fingerprint density at radius 2 is 2.00 bits per heavy atom. The summed E-state index contributed by atoms with van der Waals surface area (Å²) in [6.45, 7) is 0.503. The van der Waals surface area contributed by atoms with Gasteiger partial charge in [-0.15, -0.1) is 16.4 Å². The summed E-state index contributed by atoms with van der Waals surface area (Å²) < 4.78 is 1.73. The molecule has 4 aromatic heterocycles. The minimum absolute atomic E-state index is 0.503. The van der Waals surface area contributed by atoms with Gasteiger partial charge < -0.3 is 5.73 Å². The molecular formula is C14H11N7S. The Kier molecular flexibility index (Phi) is 3.10. The van der Waals surface area contributed by atoms with Crippen LogP contribution in [0.25, 0.3) is 27.6 Å². The first-order chi connectivity index (χ1) is 10.8. The van der Waals surface area contributed by atoms with Crippen molar-refractivity contribution in [3.8, 4) is 22.0 Å². The fourth-order valence-corrected chi connectivity index (χ4v) is 2.87. The molecule has 8 heteroatoms. The van der Waals surface area contributed by atoms with E-state index in [1.807, 2.05) is 18.3 Å². The van der Waals surface area contributed by atoms with Crippen molar-refractivity contribution in [3.05, 3.63) is 48.1 Å². The average Bonchev–Trinajstić information content (AvgIpc) is 3.21. The molecule has 0 radical (unpaired) electrons. The summed E-state index contributed by atoms with van der Waals surface area (Å²) in [6.07, 6.45) is 8.54. The number of aromatic nitrogens is 6. The van der Waals surface area contributed by atoms with Crippen LogP contribution < -0.4 is 5.73 Å². The van der Waals surface area contributed by atoms with Gasteiger partial charge in [-0.25, -0.2) is 24.5 Å². The molecule has 4 aromatic rings. The SMILES string of the molecule is NCc1cnc(-c2ccn3nc(-c4cncnc4)nc3c2)s1. The lowest BCUT2D eigenvalue weighted by molar-refractivity contribution is 0.964. The highest BCUT2D eigenvalue weighted by molar-refractivity contribution is 7.15. The lowest BCUT2D eigenvalue weighted by Gasteiger charge is -1.96. The zero-order chi connectivity index (χ0) is 14.9. The third kappa shape index (κ3) is 2.24. The van der Waals surface area contributed by atoms with E-state index >= 15 is 0 Å². The van der Waals surface area contributed by atoms with Gasteiger partial charge in [-0.3, -0.25) is 0 Å². The number of hydrogen-bond acceptors (Lipinski definition) is 7. The molecule has 0 atom stereocenters. The van der Waals surface area contributed by atoms with Crippen LogP contribution in [0.3, 0.4) is 0 Å². The van der Waals surface area contributed by atoms with Gasteiger partial charge in [0.1, 0.15) is 11.3 Å². The van der Waals surface area contributed by atoms with Crippen LogP contribution in [-0.2, 0) is 6.54 Å². The number of hydrogen-bond donors (Lipinski definition) is 1. The summed E-state index contributed by atoms with van der Waals surface area (Å²) in [5.74, 6) is 0.597. The Morgan fingerprint density at radius 3 is 2.77 bits per heavy atom. The van der Waals surface area contributed by atoms with E-state index in [1.165, 1.54) is 6.33 Å². The number of fused-ring (bicyclic) bond motifs is 1. The molecule has 0 amide bonds. The molecule has 0 aliphatic heterocycles. The van der Waals surface area contributed by atoms with Crippen LogP contribution >= 0.6 is 11.3 Å². The second kappa shape index (κ2) is 5.24. The van der Waals surface area contributed by atoms with Crippen LogP contribution in [0.15, 0.2) is 43.2 Å². The van der Waals surface area contributed by atoms with Crippen molar-refractivity contribution < 1.29 is 0 Å². The predicted octanol–water partition coefficient (Wildman–Crippen LogP) is 1.77. The zero-order valence-electron chi connectivity index (χ0n) is 11.4. The molecule has 0 fully saturated rings. The maximum absolute atomic E-state index is 5.63. The summed E-state index contributed by atoms with van der Waals surface area (Å²) in [5, 5.41) is 5.35. The van der Waals surface area contributed by atoms with Crippen molar-refractivity contribution in [2.45, 2.75) is 6.54 Å². The van der Waals surface area contributed by atoms with Crippen molar-refractivity contribution in [2.75, 3.05) is 0 Å². The molecule has 0 saturated heterocycles. The van der Waals surface area contributed by atoms with Gasteiger partial charge in [0.05, 0.1) is 5.56 Å². The maximum Gasteiger partial charge on any atom is 0.185 e. The van der Waals surface area contributed by atoms with Gasteiger partial charge in [0.25, 0.3) is 0 Å². The molecule has 0 bridgehead atoms. The third-order valence-corrected chi connectivity index (χ3v) is 4.23. The number of rotatable bonds is 3. The van der Waals surface area contributed by atoms with E-state index in [9.17, 15) is 0 Å². The van der Waals surface area contributed by atoms with Crippen LogP contribution in [-0.4, -0.2) is 29.5 Å². The second-order valence-electron chi connectivity index (χ2n) is 4.62. The van der Waals surface area contributed by atoms with Crippen LogP contribution in [0, 0.1) is 0 Å². The van der Waals surface area contributed by atoms with Gasteiger partial charge in [-0.05, 0) is 12.1 Å². The Balaban J connectivity index is 1.78. The number of thiazole rings is 1. The lowest BCUT2D eigenvalue weighted by Crippen LogP contribution is -1.91. The van der Waals surface area contributed by atoms with E-state index in [0.29, 0.717) is 12.4 Å². The van der Waals surface area contributed by atoms with Gasteiger partial charge in [0, 0.05) is 41.8 Å². The number of nitrogens with zero attached hydrogens (tertiary/aromatic N) is 6. The van der Waals surface area contributed by atoms with E-state index in [2.05, 4.69) is 25.0 Å².